The molecule has 14 heavy (non-hydrogen) atoms. The first-order chi connectivity index (χ1) is 6.86. The molecule has 1 aromatic carbocycles. The van der Waals surface area contributed by atoms with Gasteiger partial charge in [0.2, 0.25) is 0 Å². The smallest absolute Gasteiger partial charge is 0.158 e. The standard InChI is InChI=1S/C13H14O/c14-13-9-5-4-8-12(13)10-11-6-2-1-3-7-11/h1-3,6-7,10H,4-5,8-9H2/b12-10-. The predicted molar refractivity (Wildman–Crippen MR) is 57.9 cm³/mol. The van der Waals surface area contributed by atoms with Crippen molar-refractivity contribution in [3.63, 3.8) is 0 Å². The van der Waals surface area contributed by atoms with Crippen LogP contribution < -0.4 is 0 Å². The molecule has 0 aromatic heterocycles. The van der Waals surface area contributed by atoms with E-state index in [-0.39, 0.29) is 0 Å². The summed E-state index contributed by atoms with van der Waals surface area (Å²) in [4.78, 5) is 11.5. The van der Waals surface area contributed by atoms with Crippen LogP contribution in [0.5, 0.6) is 0 Å². The Bertz CT molecular complexity index is 349. The van der Waals surface area contributed by atoms with Crippen molar-refractivity contribution < 1.29 is 4.79 Å². The lowest BCUT2D eigenvalue weighted by atomic mass is 9.92. The van der Waals surface area contributed by atoms with E-state index in [1.54, 1.807) is 0 Å². The van der Waals surface area contributed by atoms with E-state index < -0.39 is 0 Å². The molecule has 1 aromatic rings. The minimum absolute atomic E-state index is 0.333. The quantitative estimate of drug-likeness (QED) is 0.615. The van der Waals surface area contributed by atoms with Crippen LogP contribution in [0.4, 0.5) is 0 Å². The molecule has 0 saturated heterocycles. The van der Waals surface area contributed by atoms with Gasteiger partial charge in [0.15, 0.2) is 5.78 Å². The summed E-state index contributed by atoms with van der Waals surface area (Å²) in [6, 6.07) is 10.1. The molecule has 72 valence electrons. The van der Waals surface area contributed by atoms with Gasteiger partial charge in [-0.3, -0.25) is 4.79 Å². The van der Waals surface area contributed by atoms with Crippen molar-refractivity contribution >= 4 is 11.9 Å². The predicted octanol–water partition coefficient (Wildman–Crippen LogP) is 3.21. The zero-order valence-electron chi connectivity index (χ0n) is 8.20. The van der Waals surface area contributed by atoms with Crippen molar-refractivity contribution in [3.8, 4) is 0 Å². The molecule has 1 fully saturated rings. The Morgan fingerprint density at radius 2 is 1.71 bits per heavy atom. The Balaban J connectivity index is 2.21. The van der Waals surface area contributed by atoms with Crippen LogP contribution >= 0.6 is 0 Å². The fourth-order valence-electron chi connectivity index (χ4n) is 1.80. The lowest BCUT2D eigenvalue weighted by Gasteiger charge is -2.12. The second kappa shape index (κ2) is 4.23. The van der Waals surface area contributed by atoms with E-state index >= 15 is 0 Å². The van der Waals surface area contributed by atoms with Crippen LogP contribution in [0.1, 0.15) is 31.2 Å². The van der Waals surface area contributed by atoms with E-state index in [0.29, 0.717) is 5.78 Å². The Hall–Kier alpha value is -1.37. The Morgan fingerprint density at radius 1 is 1.00 bits per heavy atom. The number of carbonyl (C=O) groups excluding carboxylic acids is 1. The molecule has 1 aliphatic rings. The summed E-state index contributed by atoms with van der Waals surface area (Å²) in [5, 5.41) is 0. The average Bonchev–Trinajstić information content (AvgIpc) is 2.23. The maximum Gasteiger partial charge on any atom is 0.158 e. The normalized spacial score (nSPS) is 20.0. The summed E-state index contributed by atoms with van der Waals surface area (Å²) in [6.07, 6.45) is 5.93. The topological polar surface area (TPSA) is 17.1 Å². The van der Waals surface area contributed by atoms with E-state index in [1.807, 2.05) is 36.4 Å². The first-order valence-corrected chi connectivity index (χ1v) is 5.15. The molecular formula is C13H14O. The van der Waals surface area contributed by atoms with Crippen LogP contribution in [0, 0.1) is 0 Å². The van der Waals surface area contributed by atoms with Crippen molar-refractivity contribution in [1.29, 1.82) is 0 Å². The SMILES string of the molecule is O=C1CCCC/C1=C/c1ccccc1. The van der Waals surface area contributed by atoms with Gasteiger partial charge in [0, 0.05) is 6.42 Å². The first kappa shape index (κ1) is 9.20. The lowest BCUT2D eigenvalue weighted by Crippen LogP contribution is -2.07. The maximum atomic E-state index is 11.5. The maximum absolute atomic E-state index is 11.5. The zero-order valence-corrected chi connectivity index (χ0v) is 8.20. The van der Waals surface area contributed by atoms with Crippen molar-refractivity contribution in [2.75, 3.05) is 0 Å². The van der Waals surface area contributed by atoms with Crippen LogP contribution in [0.15, 0.2) is 35.9 Å². The summed E-state index contributed by atoms with van der Waals surface area (Å²) in [7, 11) is 0. The fourth-order valence-corrected chi connectivity index (χ4v) is 1.80. The van der Waals surface area contributed by atoms with Gasteiger partial charge in [-0.25, -0.2) is 0 Å². The van der Waals surface area contributed by atoms with Crippen LogP contribution in [0.3, 0.4) is 0 Å². The Morgan fingerprint density at radius 3 is 2.43 bits per heavy atom. The molecule has 0 N–H and O–H groups in total. The van der Waals surface area contributed by atoms with Gasteiger partial charge in [0.05, 0.1) is 0 Å². The third-order valence-electron chi connectivity index (χ3n) is 2.60. The molecule has 1 nitrogen and oxygen atoms in total. The van der Waals surface area contributed by atoms with Crippen molar-refractivity contribution in [1.82, 2.24) is 0 Å². The number of ketones is 1. The van der Waals surface area contributed by atoms with Crippen LogP contribution in [0.25, 0.3) is 6.08 Å². The van der Waals surface area contributed by atoms with Crippen molar-refractivity contribution in [2.45, 2.75) is 25.7 Å². The Kier molecular flexibility index (Phi) is 2.78. The fraction of sp³-hybridized carbons (Fsp3) is 0.308. The number of allylic oxidation sites excluding steroid dienone is 1. The highest BCUT2D eigenvalue weighted by atomic mass is 16.1. The third-order valence-corrected chi connectivity index (χ3v) is 2.60. The molecular weight excluding hydrogens is 172 g/mol. The molecule has 1 aliphatic carbocycles. The van der Waals surface area contributed by atoms with E-state index in [0.717, 1.165) is 36.8 Å². The summed E-state index contributed by atoms with van der Waals surface area (Å²) in [5.74, 6) is 0.333. The van der Waals surface area contributed by atoms with Crippen LogP contribution in [0.2, 0.25) is 0 Å². The highest BCUT2D eigenvalue weighted by Gasteiger charge is 2.14. The molecule has 0 spiro atoms. The van der Waals surface area contributed by atoms with Crippen LogP contribution in [-0.4, -0.2) is 5.78 Å². The molecule has 0 unspecified atom stereocenters. The summed E-state index contributed by atoms with van der Waals surface area (Å²) in [5.41, 5.74) is 2.14. The molecule has 0 radical (unpaired) electrons. The van der Waals surface area contributed by atoms with Gasteiger partial charge in [-0.05, 0) is 36.5 Å². The van der Waals surface area contributed by atoms with Crippen LogP contribution in [-0.2, 0) is 4.79 Å². The van der Waals surface area contributed by atoms with E-state index in [9.17, 15) is 4.79 Å². The molecule has 0 atom stereocenters. The number of benzene rings is 1. The highest BCUT2D eigenvalue weighted by molar-refractivity contribution is 6.00. The molecule has 1 heteroatoms. The Labute approximate surface area is 84.5 Å². The highest BCUT2D eigenvalue weighted by Crippen LogP contribution is 2.21. The largest absolute Gasteiger partial charge is 0.295 e. The second-order valence-corrected chi connectivity index (χ2v) is 3.71. The molecule has 2 rings (SSSR count). The first-order valence-electron chi connectivity index (χ1n) is 5.15. The van der Waals surface area contributed by atoms with Gasteiger partial charge in [-0.1, -0.05) is 30.3 Å². The molecule has 0 aliphatic heterocycles. The number of hydrogen-bond acceptors (Lipinski definition) is 1. The third kappa shape index (κ3) is 2.11. The zero-order chi connectivity index (χ0) is 9.80. The number of carbonyl (C=O) groups is 1. The monoisotopic (exact) mass is 186 g/mol. The van der Waals surface area contributed by atoms with E-state index in [4.69, 9.17) is 0 Å². The van der Waals surface area contributed by atoms with Gasteiger partial charge in [-0.2, -0.15) is 0 Å². The lowest BCUT2D eigenvalue weighted by molar-refractivity contribution is -0.116. The number of rotatable bonds is 1. The van der Waals surface area contributed by atoms with Gasteiger partial charge < -0.3 is 0 Å². The number of Topliss-reactive ketones (excluding diaryl/α,β-unsaturated/α-hetero) is 1. The van der Waals surface area contributed by atoms with Gasteiger partial charge in [0.25, 0.3) is 0 Å². The minimum Gasteiger partial charge on any atom is -0.295 e. The van der Waals surface area contributed by atoms with Gasteiger partial charge in [-0.15, -0.1) is 0 Å². The molecule has 0 heterocycles. The average molecular weight is 186 g/mol. The van der Waals surface area contributed by atoms with Gasteiger partial charge in [0.1, 0.15) is 0 Å². The number of hydrogen-bond donors (Lipinski definition) is 0. The molecule has 0 bridgehead atoms. The van der Waals surface area contributed by atoms with Crippen molar-refractivity contribution in [2.24, 2.45) is 0 Å². The van der Waals surface area contributed by atoms with E-state index in [2.05, 4.69) is 0 Å². The minimum atomic E-state index is 0.333. The summed E-state index contributed by atoms with van der Waals surface area (Å²) in [6.45, 7) is 0. The van der Waals surface area contributed by atoms with Gasteiger partial charge >= 0.3 is 0 Å². The summed E-state index contributed by atoms with van der Waals surface area (Å²) >= 11 is 0. The molecule has 1 saturated carbocycles. The van der Waals surface area contributed by atoms with E-state index in [1.165, 1.54) is 0 Å². The second-order valence-electron chi connectivity index (χ2n) is 3.71. The van der Waals surface area contributed by atoms with Crippen molar-refractivity contribution in [3.05, 3.63) is 41.5 Å². The molecule has 0 amide bonds. The summed E-state index contributed by atoms with van der Waals surface area (Å²) < 4.78 is 0.